The van der Waals surface area contributed by atoms with Crippen molar-refractivity contribution >= 4 is 39.0 Å². The van der Waals surface area contributed by atoms with E-state index in [-0.39, 0.29) is 5.69 Å². The molecule has 2 aromatic heterocycles. The average molecular weight is 367 g/mol. The van der Waals surface area contributed by atoms with Gasteiger partial charge in [0.1, 0.15) is 21.9 Å². The monoisotopic (exact) mass is 367 g/mol. The van der Waals surface area contributed by atoms with Gasteiger partial charge in [-0.1, -0.05) is 6.07 Å². The summed E-state index contributed by atoms with van der Waals surface area (Å²) in [7, 11) is 1.28. The Kier molecular flexibility index (Phi) is 4.34. The maximum absolute atomic E-state index is 12.9. The Balaban J connectivity index is 2.05. The fraction of sp³-hybridized carbons (Fsp3) is 0.188. The van der Waals surface area contributed by atoms with E-state index in [1.807, 2.05) is 0 Å². The largest absolute Gasteiger partial charge is 0.465 e. The maximum Gasteiger partial charge on any atom is 0.416 e. The molecule has 0 saturated heterocycles. The predicted molar refractivity (Wildman–Crippen MR) is 88.2 cm³/mol. The quantitative estimate of drug-likeness (QED) is 0.688. The number of methoxy groups -OCH3 is 1. The molecule has 0 aliphatic rings. The van der Waals surface area contributed by atoms with Gasteiger partial charge in [-0.25, -0.2) is 14.8 Å². The standard InChI is InChI=1S/C16H12F3N3O2S/c1-8-11-13(20-7-21-14(11)25-12(8)15(23)24-2)22-10-5-3-4-9(6-10)16(17,18)19/h3-7H,1-2H3,(H,20,21,22). The lowest BCUT2D eigenvalue weighted by molar-refractivity contribution is -0.137. The number of ether oxygens (including phenoxy) is 1. The van der Waals surface area contributed by atoms with Crippen molar-refractivity contribution in [3.8, 4) is 0 Å². The van der Waals surface area contributed by atoms with Gasteiger partial charge in [-0.05, 0) is 30.7 Å². The number of thiophene rings is 1. The summed E-state index contributed by atoms with van der Waals surface area (Å²) in [5.74, 6) is -0.168. The van der Waals surface area contributed by atoms with Crippen LogP contribution in [0.4, 0.5) is 24.7 Å². The van der Waals surface area contributed by atoms with Gasteiger partial charge < -0.3 is 10.1 Å². The number of alkyl halides is 3. The van der Waals surface area contributed by atoms with Crippen LogP contribution in [-0.2, 0) is 10.9 Å². The summed E-state index contributed by atoms with van der Waals surface area (Å²) in [4.78, 5) is 21.0. The number of esters is 1. The van der Waals surface area contributed by atoms with Crippen LogP contribution in [0.5, 0.6) is 0 Å². The zero-order valence-corrected chi connectivity index (χ0v) is 14.0. The molecule has 1 aromatic carbocycles. The highest BCUT2D eigenvalue weighted by atomic mass is 32.1. The number of halogens is 3. The number of aromatic nitrogens is 2. The summed E-state index contributed by atoms with van der Waals surface area (Å²) in [6.45, 7) is 1.71. The normalized spacial score (nSPS) is 11.6. The molecule has 0 fully saturated rings. The van der Waals surface area contributed by atoms with E-state index in [4.69, 9.17) is 4.74 Å². The molecule has 0 aliphatic heterocycles. The van der Waals surface area contributed by atoms with Crippen LogP contribution in [0.2, 0.25) is 0 Å². The molecule has 2 heterocycles. The van der Waals surface area contributed by atoms with E-state index in [2.05, 4.69) is 15.3 Å². The number of nitrogens with zero attached hydrogens (tertiary/aromatic N) is 2. The van der Waals surface area contributed by atoms with Crippen LogP contribution in [-0.4, -0.2) is 23.0 Å². The Morgan fingerprint density at radius 2 is 2.04 bits per heavy atom. The number of hydrogen-bond acceptors (Lipinski definition) is 6. The summed E-state index contributed by atoms with van der Waals surface area (Å²) < 4.78 is 43.3. The second-order valence-corrected chi connectivity index (χ2v) is 6.15. The highest BCUT2D eigenvalue weighted by Gasteiger charge is 2.30. The van der Waals surface area contributed by atoms with Gasteiger partial charge in [-0.2, -0.15) is 13.2 Å². The number of rotatable bonds is 3. The second-order valence-electron chi connectivity index (χ2n) is 5.15. The summed E-state index contributed by atoms with van der Waals surface area (Å²) in [6, 6.07) is 4.80. The molecule has 0 bridgehead atoms. The van der Waals surface area contributed by atoms with Gasteiger partial charge in [-0.3, -0.25) is 0 Å². The van der Waals surface area contributed by atoms with E-state index in [0.29, 0.717) is 26.5 Å². The number of aryl methyl sites for hydroxylation is 1. The van der Waals surface area contributed by atoms with Crippen LogP contribution in [0.3, 0.4) is 0 Å². The van der Waals surface area contributed by atoms with Crippen molar-refractivity contribution in [1.82, 2.24) is 9.97 Å². The van der Waals surface area contributed by atoms with Gasteiger partial charge in [0.25, 0.3) is 0 Å². The van der Waals surface area contributed by atoms with Gasteiger partial charge >= 0.3 is 12.1 Å². The minimum absolute atomic E-state index is 0.236. The van der Waals surface area contributed by atoms with Crippen LogP contribution in [0.25, 0.3) is 10.2 Å². The fourth-order valence-electron chi connectivity index (χ4n) is 2.36. The number of carbonyl (C=O) groups excluding carboxylic acids is 1. The highest BCUT2D eigenvalue weighted by Crippen LogP contribution is 2.36. The molecule has 0 aliphatic carbocycles. The molecule has 3 aromatic rings. The van der Waals surface area contributed by atoms with E-state index >= 15 is 0 Å². The molecular formula is C16H12F3N3O2S. The van der Waals surface area contributed by atoms with Crippen molar-refractivity contribution in [2.24, 2.45) is 0 Å². The van der Waals surface area contributed by atoms with Gasteiger partial charge in [0.05, 0.1) is 18.1 Å². The predicted octanol–water partition coefficient (Wildman–Crippen LogP) is 4.55. The number of carbonyl (C=O) groups is 1. The van der Waals surface area contributed by atoms with Crippen molar-refractivity contribution in [3.05, 3.63) is 46.6 Å². The fourth-order valence-corrected chi connectivity index (χ4v) is 3.43. The van der Waals surface area contributed by atoms with Crippen LogP contribution < -0.4 is 5.32 Å². The molecule has 25 heavy (non-hydrogen) atoms. The SMILES string of the molecule is COC(=O)c1sc2ncnc(Nc3cccc(C(F)(F)F)c3)c2c1C. The number of hydrogen-bond donors (Lipinski definition) is 1. The van der Waals surface area contributed by atoms with E-state index in [1.54, 1.807) is 6.92 Å². The Morgan fingerprint density at radius 3 is 2.72 bits per heavy atom. The molecule has 0 saturated carbocycles. The van der Waals surface area contributed by atoms with Gasteiger partial charge in [-0.15, -0.1) is 11.3 Å². The third-order valence-electron chi connectivity index (χ3n) is 3.55. The first-order valence-electron chi connectivity index (χ1n) is 7.08. The molecule has 0 amide bonds. The third kappa shape index (κ3) is 3.27. The lowest BCUT2D eigenvalue weighted by Gasteiger charge is -2.11. The molecule has 0 spiro atoms. The molecule has 0 unspecified atom stereocenters. The molecule has 1 N–H and O–H groups in total. The Hall–Kier alpha value is -2.68. The van der Waals surface area contributed by atoms with Crippen LogP contribution in [0, 0.1) is 6.92 Å². The smallest absolute Gasteiger partial charge is 0.416 e. The number of benzene rings is 1. The minimum atomic E-state index is -4.44. The Morgan fingerprint density at radius 1 is 1.28 bits per heavy atom. The van der Waals surface area contributed by atoms with Gasteiger partial charge in [0.15, 0.2) is 0 Å². The zero-order valence-electron chi connectivity index (χ0n) is 13.1. The molecule has 0 radical (unpaired) electrons. The zero-order chi connectivity index (χ0) is 18.2. The first-order chi connectivity index (χ1) is 11.8. The lowest BCUT2D eigenvalue weighted by atomic mass is 10.1. The van der Waals surface area contributed by atoms with E-state index in [9.17, 15) is 18.0 Å². The van der Waals surface area contributed by atoms with E-state index in [0.717, 1.165) is 23.5 Å². The van der Waals surface area contributed by atoms with E-state index in [1.165, 1.54) is 25.6 Å². The molecule has 130 valence electrons. The number of fused-ring (bicyclic) bond motifs is 1. The van der Waals surface area contributed by atoms with Crippen molar-refractivity contribution in [2.75, 3.05) is 12.4 Å². The molecular weight excluding hydrogens is 355 g/mol. The maximum atomic E-state index is 12.9. The number of nitrogens with one attached hydrogen (secondary N) is 1. The molecule has 9 heteroatoms. The highest BCUT2D eigenvalue weighted by molar-refractivity contribution is 7.20. The van der Waals surface area contributed by atoms with Crippen LogP contribution in [0.15, 0.2) is 30.6 Å². The average Bonchev–Trinajstić information content (AvgIpc) is 2.92. The van der Waals surface area contributed by atoms with Crippen molar-refractivity contribution < 1.29 is 22.7 Å². The lowest BCUT2D eigenvalue weighted by Crippen LogP contribution is -2.05. The van der Waals surface area contributed by atoms with Gasteiger partial charge in [0, 0.05) is 5.69 Å². The number of anilines is 2. The second kappa shape index (κ2) is 6.32. The first-order valence-corrected chi connectivity index (χ1v) is 7.89. The molecule has 5 nitrogen and oxygen atoms in total. The summed E-state index contributed by atoms with van der Waals surface area (Å²) >= 11 is 1.14. The summed E-state index contributed by atoms with van der Waals surface area (Å²) in [5.41, 5.74) is 0.0852. The summed E-state index contributed by atoms with van der Waals surface area (Å²) in [5, 5.41) is 3.45. The Bertz CT molecular complexity index is 953. The van der Waals surface area contributed by atoms with Crippen molar-refractivity contribution in [3.63, 3.8) is 0 Å². The first kappa shape index (κ1) is 17.2. The van der Waals surface area contributed by atoms with Crippen molar-refractivity contribution in [2.45, 2.75) is 13.1 Å². The third-order valence-corrected chi connectivity index (χ3v) is 4.73. The molecule has 3 rings (SSSR count). The van der Waals surface area contributed by atoms with Crippen molar-refractivity contribution in [1.29, 1.82) is 0 Å². The minimum Gasteiger partial charge on any atom is -0.465 e. The topological polar surface area (TPSA) is 64.1 Å². The van der Waals surface area contributed by atoms with Crippen LogP contribution >= 0.6 is 11.3 Å². The van der Waals surface area contributed by atoms with Crippen LogP contribution in [0.1, 0.15) is 20.8 Å². The van der Waals surface area contributed by atoms with Gasteiger partial charge in [0.2, 0.25) is 0 Å². The molecule has 0 atom stereocenters. The van der Waals surface area contributed by atoms with E-state index < -0.39 is 17.7 Å². The Labute approximate surface area is 144 Å². The summed E-state index contributed by atoms with van der Waals surface area (Å²) in [6.07, 6.45) is -3.15.